The number of aromatic nitrogens is 2. The number of ether oxygens (including phenoxy) is 2. The molecule has 0 aliphatic rings. The van der Waals surface area contributed by atoms with Crippen LogP contribution in [0.4, 0.5) is 5.69 Å². The van der Waals surface area contributed by atoms with Crippen LogP contribution < -0.4 is 19.8 Å². The number of hydrogen-bond donors (Lipinski definition) is 1. The topological polar surface area (TPSA) is 99.5 Å². The largest absolute Gasteiger partial charge is 0.497 e. The molecule has 0 bridgehead atoms. The van der Waals surface area contributed by atoms with Crippen LogP contribution in [0.3, 0.4) is 0 Å². The highest BCUT2D eigenvalue weighted by atomic mass is 32.2. The van der Waals surface area contributed by atoms with Crippen LogP contribution in [0.1, 0.15) is 0 Å². The van der Waals surface area contributed by atoms with Crippen molar-refractivity contribution in [3.05, 3.63) is 65.0 Å². The predicted octanol–water partition coefficient (Wildman–Crippen LogP) is 2.27. The molecule has 0 atom stereocenters. The van der Waals surface area contributed by atoms with Gasteiger partial charge in [-0.15, -0.1) is 0 Å². The second-order valence-electron chi connectivity index (χ2n) is 5.88. The molecule has 8 nitrogen and oxygen atoms in total. The van der Waals surface area contributed by atoms with E-state index in [0.29, 0.717) is 22.7 Å². The quantitative estimate of drug-likeness (QED) is 0.680. The molecule has 0 spiro atoms. The fourth-order valence-corrected chi connectivity index (χ4v) is 3.84. The molecule has 0 unspecified atom stereocenters. The maximum atomic E-state index is 12.9. The van der Waals surface area contributed by atoms with Gasteiger partial charge in [-0.05, 0) is 30.3 Å². The second kappa shape index (κ2) is 7.73. The van der Waals surface area contributed by atoms with Crippen molar-refractivity contribution >= 4 is 15.7 Å². The summed E-state index contributed by atoms with van der Waals surface area (Å²) in [5, 5.41) is 4.18. The van der Waals surface area contributed by atoms with E-state index in [1.807, 2.05) is 0 Å². The SMILES string of the molecule is COc1ccc(OC)c(S(=O)(=O)Nc2cccc(-c3ccc(=O)n(C)n3)c2)c1. The number of benzene rings is 2. The number of sulfonamides is 1. The van der Waals surface area contributed by atoms with Crippen molar-refractivity contribution in [2.75, 3.05) is 18.9 Å². The molecule has 28 heavy (non-hydrogen) atoms. The van der Waals surface area contributed by atoms with E-state index < -0.39 is 10.0 Å². The van der Waals surface area contributed by atoms with Gasteiger partial charge in [0.1, 0.15) is 16.4 Å². The van der Waals surface area contributed by atoms with Crippen LogP contribution in [-0.4, -0.2) is 32.4 Å². The molecule has 3 aromatic rings. The second-order valence-corrected chi connectivity index (χ2v) is 7.53. The number of nitrogens with one attached hydrogen (secondary N) is 1. The van der Waals surface area contributed by atoms with Gasteiger partial charge in [0.25, 0.3) is 15.6 Å². The van der Waals surface area contributed by atoms with Crippen molar-refractivity contribution in [2.45, 2.75) is 4.90 Å². The number of aryl methyl sites for hydroxylation is 1. The number of hydrogen-bond acceptors (Lipinski definition) is 6. The summed E-state index contributed by atoms with van der Waals surface area (Å²) in [4.78, 5) is 11.5. The summed E-state index contributed by atoms with van der Waals surface area (Å²) >= 11 is 0. The predicted molar refractivity (Wildman–Crippen MR) is 105 cm³/mol. The summed E-state index contributed by atoms with van der Waals surface area (Å²) in [6.45, 7) is 0. The van der Waals surface area contributed by atoms with E-state index in [4.69, 9.17) is 9.47 Å². The van der Waals surface area contributed by atoms with Gasteiger partial charge in [-0.1, -0.05) is 12.1 Å². The van der Waals surface area contributed by atoms with Gasteiger partial charge >= 0.3 is 0 Å². The molecule has 0 fully saturated rings. The monoisotopic (exact) mass is 401 g/mol. The van der Waals surface area contributed by atoms with E-state index >= 15 is 0 Å². The summed E-state index contributed by atoms with van der Waals surface area (Å²) in [7, 11) is 0.465. The Morgan fingerprint density at radius 2 is 1.79 bits per heavy atom. The number of methoxy groups -OCH3 is 2. The van der Waals surface area contributed by atoms with Gasteiger partial charge in [0.2, 0.25) is 0 Å². The highest BCUT2D eigenvalue weighted by molar-refractivity contribution is 7.92. The maximum absolute atomic E-state index is 12.9. The molecule has 1 heterocycles. The summed E-state index contributed by atoms with van der Waals surface area (Å²) in [6.07, 6.45) is 0. The van der Waals surface area contributed by atoms with E-state index in [1.54, 1.807) is 43.4 Å². The smallest absolute Gasteiger partial charge is 0.266 e. The molecule has 3 rings (SSSR count). The van der Waals surface area contributed by atoms with Crippen molar-refractivity contribution in [1.82, 2.24) is 9.78 Å². The van der Waals surface area contributed by atoms with Gasteiger partial charge < -0.3 is 9.47 Å². The third-order valence-corrected chi connectivity index (χ3v) is 5.43. The number of anilines is 1. The highest BCUT2D eigenvalue weighted by Gasteiger charge is 2.21. The van der Waals surface area contributed by atoms with Crippen molar-refractivity contribution in [3.8, 4) is 22.8 Å². The van der Waals surface area contributed by atoms with Crippen LogP contribution in [0.5, 0.6) is 11.5 Å². The van der Waals surface area contributed by atoms with Crippen LogP contribution in [0.25, 0.3) is 11.3 Å². The van der Waals surface area contributed by atoms with E-state index in [-0.39, 0.29) is 16.2 Å². The van der Waals surface area contributed by atoms with Crippen LogP contribution in [0.2, 0.25) is 0 Å². The highest BCUT2D eigenvalue weighted by Crippen LogP contribution is 2.30. The van der Waals surface area contributed by atoms with Gasteiger partial charge in [-0.3, -0.25) is 9.52 Å². The Morgan fingerprint density at radius 3 is 2.46 bits per heavy atom. The van der Waals surface area contributed by atoms with E-state index in [0.717, 1.165) is 0 Å². The summed E-state index contributed by atoms with van der Waals surface area (Å²) in [5.74, 6) is 0.591. The van der Waals surface area contributed by atoms with Gasteiger partial charge in [-0.25, -0.2) is 13.1 Å². The first kappa shape index (κ1) is 19.4. The summed E-state index contributed by atoms with van der Waals surface area (Å²) in [6, 6.07) is 14.2. The Bertz CT molecular complexity index is 1170. The fraction of sp³-hybridized carbons (Fsp3) is 0.158. The molecule has 9 heteroatoms. The lowest BCUT2D eigenvalue weighted by molar-refractivity contribution is 0.392. The van der Waals surface area contributed by atoms with Gasteiger partial charge in [0.05, 0.1) is 19.9 Å². The Hall–Kier alpha value is -3.33. The van der Waals surface area contributed by atoms with Crippen LogP contribution in [-0.2, 0) is 17.1 Å². The third-order valence-electron chi connectivity index (χ3n) is 4.03. The fourth-order valence-electron chi connectivity index (χ4n) is 2.60. The van der Waals surface area contributed by atoms with Crippen molar-refractivity contribution < 1.29 is 17.9 Å². The van der Waals surface area contributed by atoms with E-state index in [1.165, 1.54) is 37.1 Å². The maximum Gasteiger partial charge on any atom is 0.266 e. The lowest BCUT2D eigenvalue weighted by Gasteiger charge is -2.13. The Morgan fingerprint density at radius 1 is 1.00 bits per heavy atom. The zero-order chi connectivity index (χ0) is 20.3. The molecule has 0 amide bonds. The third kappa shape index (κ3) is 3.99. The van der Waals surface area contributed by atoms with Crippen molar-refractivity contribution in [1.29, 1.82) is 0 Å². The molecular formula is C19H19N3O5S. The molecule has 1 aromatic heterocycles. The molecule has 146 valence electrons. The Labute approximate surface area is 162 Å². The molecule has 2 aromatic carbocycles. The lowest BCUT2D eigenvalue weighted by Crippen LogP contribution is -2.18. The molecule has 0 aliphatic carbocycles. The average molecular weight is 401 g/mol. The van der Waals surface area contributed by atoms with E-state index in [9.17, 15) is 13.2 Å². The standard InChI is InChI=1S/C19H19N3O5S/c1-22-19(23)10-8-16(20-22)13-5-4-6-14(11-13)21-28(24,25)18-12-15(26-2)7-9-17(18)27-3/h4-12,21H,1-3H3. The first-order valence-corrected chi connectivity index (χ1v) is 9.72. The Kier molecular flexibility index (Phi) is 5.36. The number of rotatable bonds is 6. The first-order chi connectivity index (χ1) is 13.3. The van der Waals surface area contributed by atoms with Crippen molar-refractivity contribution in [2.24, 2.45) is 7.05 Å². The van der Waals surface area contributed by atoms with E-state index in [2.05, 4.69) is 9.82 Å². The molecular weight excluding hydrogens is 382 g/mol. The van der Waals surface area contributed by atoms with Gasteiger partial charge in [-0.2, -0.15) is 5.10 Å². The van der Waals surface area contributed by atoms with Crippen molar-refractivity contribution in [3.63, 3.8) is 0 Å². The molecule has 0 aliphatic heterocycles. The Balaban J connectivity index is 1.97. The zero-order valence-electron chi connectivity index (χ0n) is 15.5. The van der Waals surface area contributed by atoms with Crippen LogP contribution in [0, 0.1) is 0 Å². The molecule has 1 N–H and O–H groups in total. The zero-order valence-corrected chi connectivity index (χ0v) is 16.4. The van der Waals surface area contributed by atoms with Gasteiger partial charge in [0.15, 0.2) is 0 Å². The van der Waals surface area contributed by atoms with Crippen LogP contribution in [0.15, 0.2) is 64.3 Å². The summed E-state index contributed by atoms with van der Waals surface area (Å²) in [5.41, 5.74) is 1.32. The summed E-state index contributed by atoms with van der Waals surface area (Å²) < 4.78 is 39.8. The number of nitrogens with zero attached hydrogens (tertiary/aromatic N) is 2. The molecule has 0 radical (unpaired) electrons. The minimum absolute atomic E-state index is 0.0417. The lowest BCUT2D eigenvalue weighted by atomic mass is 10.1. The average Bonchev–Trinajstić information content (AvgIpc) is 2.69. The minimum Gasteiger partial charge on any atom is -0.497 e. The minimum atomic E-state index is -3.93. The van der Waals surface area contributed by atoms with Gasteiger partial charge in [0, 0.05) is 30.4 Å². The van der Waals surface area contributed by atoms with Crippen LogP contribution >= 0.6 is 0 Å². The first-order valence-electron chi connectivity index (χ1n) is 8.23. The molecule has 0 saturated heterocycles. The normalized spacial score (nSPS) is 11.1. The molecule has 0 saturated carbocycles.